The molecule has 1 saturated heterocycles. The molecule has 1 aliphatic rings. The standard InChI is InChI=1S/C18H20ClN5OS/c19-14-4-1-3-13(7-14)17-12-26-18(20-17)10-23-6-2-5-16(9-23)24-8-15(11-25)21-22-24/h1,3-4,7-8,12,16,25H,2,5-6,9-11H2. The number of aromatic nitrogens is 4. The molecule has 0 bridgehead atoms. The third kappa shape index (κ3) is 3.96. The smallest absolute Gasteiger partial charge is 0.108 e. The molecule has 8 heteroatoms. The van der Waals surface area contributed by atoms with E-state index in [4.69, 9.17) is 21.7 Å². The van der Waals surface area contributed by atoms with Gasteiger partial charge in [-0.3, -0.25) is 4.90 Å². The van der Waals surface area contributed by atoms with E-state index in [0.717, 1.165) is 53.8 Å². The zero-order valence-electron chi connectivity index (χ0n) is 14.3. The number of aliphatic hydroxyl groups excluding tert-OH is 1. The fourth-order valence-electron chi connectivity index (χ4n) is 3.31. The first-order chi connectivity index (χ1) is 12.7. The highest BCUT2D eigenvalue weighted by Crippen LogP contribution is 2.27. The van der Waals surface area contributed by atoms with E-state index in [0.29, 0.717) is 11.7 Å². The second-order valence-electron chi connectivity index (χ2n) is 6.52. The summed E-state index contributed by atoms with van der Waals surface area (Å²) in [5.74, 6) is 0. The number of benzene rings is 1. The van der Waals surface area contributed by atoms with Crippen LogP contribution in [0.25, 0.3) is 11.3 Å². The zero-order valence-corrected chi connectivity index (χ0v) is 15.8. The van der Waals surface area contributed by atoms with E-state index >= 15 is 0 Å². The first kappa shape index (κ1) is 17.6. The Balaban J connectivity index is 1.42. The summed E-state index contributed by atoms with van der Waals surface area (Å²) in [5.41, 5.74) is 2.65. The summed E-state index contributed by atoms with van der Waals surface area (Å²) in [5, 5.41) is 21.2. The van der Waals surface area contributed by atoms with Gasteiger partial charge in [0.25, 0.3) is 0 Å². The third-order valence-electron chi connectivity index (χ3n) is 4.61. The number of likely N-dealkylation sites (tertiary alicyclic amines) is 1. The summed E-state index contributed by atoms with van der Waals surface area (Å²) in [7, 11) is 0. The van der Waals surface area contributed by atoms with Crippen molar-refractivity contribution in [3.63, 3.8) is 0 Å². The number of hydrogen-bond donors (Lipinski definition) is 1. The van der Waals surface area contributed by atoms with Crippen molar-refractivity contribution < 1.29 is 5.11 Å². The van der Waals surface area contributed by atoms with Crippen molar-refractivity contribution in [2.45, 2.75) is 32.0 Å². The highest BCUT2D eigenvalue weighted by Gasteiger charge is 2.23. The number of piperidine rings is 1. The molecule has 0 spiro atoms. The summed E-state index contributed by atoms with van der Waals surface area (Å²) in [6.07, 6.45) is 4.04. The van der Waals surface area contributed by atoms with Gasteiger partial charge in [-0.2, -0.15) is 0 Å². The van der Waals surface area contributed by atoms with Crippen molar-refractivity contribution in [2.24, 2.45) is 0 Å². The molecule has 0 aliphatic carbocycles. The quantitative estimate of drug-likeness (QED) is 0.724. The fourth-order valence-corrected chi connectivity index (χ4v) is 4.35. The average molecular weight is 390 g/mol. The first-order valence-corrected chi connectivity index (χ1v) is 9.91. The van der Waals surface area contributed by atoms with Crippen LogP contribution in [0.3, 0.4) is 0 Å². The highest BCUT2D eigenvalue weighted by atomic mass is 35.5. The lowest BCUT2D eigenvalue weighted by molar-refractivity contribution is 0.161. The Morgan fingerprint density at radius 1 is 1.35 bits per heavy atom. The van der Waals surface area contributed by atoms with Crippen molar-refractivity contribution in [1.82, 2.24) is 24.9 Å². The van der Waals surface area contributed by atoms with Gasteiger partial charge in [-0.25, -0.2) is 9.67 Å². The van der Waals surface area contributed by atoms with E-state index in [1.54, 1.807) is 11.3 Å². The number of hydrogen-bond acceptors (Lipinski definition) is 6. The number of nitrogens with zero attached hydrogens (tertiary/aromatic N) is 5. The minimum Gasteiger partial charge on any atom is -0.390 e. The van der Waals surface area contributed by atoms with Gasteiger partial charge in [0.2, 0.25) is 0 Å². The van der Waals surface area contributed by atoms with Gasteiger partial charge >= 0.3 is 0 Å². The Labute approximate surface area is 161 Å². The SMILES string of the molecule is OCc1cn(C2CCCN(Cc3nc(-c4cccc(Cl)c4)cs3)C2)nn1. The van der Waals surface area contributed by atoms with E-state index in [-0.39, 0.29) is 6.61 Å². The maximum Gasteiger partial charge on any atom is 0.108 e. The van der Waals surface area contributed by atoms with Crippen molar-refractivity contribution in [3.05, 3.63) is 51.6 Å². The summed E-state index contributed by atoms with van der Waals surface area (Å²) in [4.78, 5) is 7.19. The fraction of sp³-hybridized carbons (Fsp3) is 0.389. The second kappa shape index (κ2) is 7.84. The van der Waals surface area contributed by atoms with Crippen LogP contribution in [0.5, 0.6) is 0 Å². The van der Waals surface area contributed by atoms with Gasteiger partial charge in [0.05, 0.1) is 31.1 Å². The molecule has 6 nitrogen and oxygen atoms in total. The van der Waals surface area contributed by atoms with Crippen molar-refractivity contribution in [1.29, 1.82) is 0 Å². The van der Waals surface area contributed by atoms with Crippen LogP contribution < -0.4 is 0 Å². The number of rotatable bonds is 5. The van der Waals surface area contributed by atoms with E-state index in [9.17, 15) is 0 Å². The molecular weight excluding hydrogens is 370 g/mol. The molecule has 1 atom stereocenters. The predicted molar refractivity (Wildman–Crippen MR) is 102 cm³/mol. The summed E-state index contributed by atoms with van der Waals surface area (Å²) in [6, 6.07) is 8.10. The molecule has 2 aromatic heterocycles. The lowest BCUT2D eigenvalue weighted by atomic mass is 10.1. The molecule has 3 heterocycles. The maximum atomic E-state index is 9.17. The van der Waals surface area contributed by atoms with Crippen molar-refractivity contribution in [3.8, 4) is 11.3 Å². The first-order valence-electron chi connectivity index (χ1n) is 8.65. The molecule has 0 saturated carbocycles. The van der Waals surface area contributed by atoms with Gasteiger partial charge in [-0.15, -0.1) is 16.4 Å². The van der Waals surface area contributed by atoms with Crippen LogP contribution in [0.15, 0.2) is 35.8 Å². The Bertz CT molecular complexity index is 880. The molecular formula is C18H20ClN5OS. The molecule has 1 unspecified atom stereocenters. The molecule has 1 fully saturated rings. The van der Waals surface area contributed by atoms with Gasteiger partial charge in [0.15, 0.2) is 0 Å². The molecule has 136 valence electrons. The van der Waals surface area contributed by atoms with Gasteiger partial charge in [-0.1, -0.05) is 28.9 Å². The Hall–Kier alpha value is -1.80. The van der Waals surface area contributed by atoms with Crippen LogP contribution in [-0.4, -0.2) is 43.1 Å². The average Bonchev–Trinajstić information content (AvgIpc) is 3.31. The minimum atomic E-state index is -0.0676. The monoisotopic (exact) mass is 389 g/mol. The van der Waals surface area contributed by atoms with E-state index in [2.05, 4.69) is 20.6 Å². The zero-order chi connectivity index (χ0) is 17.9. The van der Waals surface area contributed by atoms with Crippen LogP contribution in [0, 0.1) is 0 Å². The highest BCUT2D eigenvalue weighted by molar-refractivity contribution is 7.09. The predicted octanol–water partition coefficient (Wildman–Crippen LogP) is 3.38. The summed E-state index contributed by atoms with van der Waals surface area (Å²) >= 11 is 7.77. The molecule has 1 aliphatic heterocycles. The number of thiazole rings is 1. The van der Waals surface area contributed by atoms with Crippen molar-refractivity contribution >= 4 is 22.9 Å². The Morgan fingerprint density at radius 3 is 3.08 bits per heavy atom. The number of halogens is 1. The molecule has 0 radical (unpaired) electrons. The molecule has 0 amide bonds. The second-order valence-corrected chi connectivity index (χ2v) is 7.90. The summed E-state index contributed by atoms with van der Waals surface area (Å²) in [6.45, 7) is 2.75. The maximum absolute atomic E-state index is 9.17. The van der Waals surface area contributed by atoms with E-state index < -0.39 is 0 Å². The van der Waals surface area contributed by atoms with Gasteiger partial charge in [-0.05, 0) is 31.5 Å². The van der Waals surface area contributed by atoms with E-state index in [1.165, 1.54) is 0 Å². The van der Waals surface area contributed by atoms with Crippen LogP contribution in [0.1, 0.15) is 29.6 Å². The van der Waals surface area contributed by atoms with E-state index in [1.807, 2.05) is 35.1 Å². The molecule has 26 heavy (non-hydrogen) atoms. The normalized spacial score (nSPS) is 18.3. The van der Waals surface area contributed by atoms with Crippen molar-refractivity contribution in [2.75, 3.05) is 13.1 Å². The molecule has 1 N–H and O–H groups in total. The lowest BCUT2D eigenvalue weighted by Crippen LogP contribution is -2.36. The molecule has 3 aromatic rings. The van der Waals surface area contributed by atoms with Gasteiger partial charge in [0, 0.05) is 22.5 Å². The Kier molecular flexibility index (Phi) is 5.31. The van der Waals surface area contributed by atoms with Gasteiger partial charge in [0.1, 0.15) is 10.7 Å². The molecule has 1 aromatic carbocycles. The van der Waals surface area contributed by atoms with Crippen LogP contribution in [0.2, 0.25) is 5.02 Å². The van der Waals surface area contributed by atoms with Crippen LogP contribution >= 0.6 is 22.9 Å². The Morgan fingerprint density at radius 2 is 2.27 bits per heavy atom. The minimum absolute atomic E-state index is 0.0676. The largest absolute Gasteiger partial charge is 0.390 e. The lowest BCUT2D eigenvalue weighted by Gasteiger charge is -2.31. The summed E-state index contributed by atoms with van der Waals surface area (Å²) < 4.78 is 1.89. The van der Waals surface area contributed by atoms with Crippen LogP contribution in [-0.2, 0) is 13.2 Å². The third-order valence-corrected chi connectivity index (χ3v) is 5.67. The number of aliphatic hydroxyl groups is 1. The molecule has 4 rings (SSSR count). The topological polar surface area (TPSA) is 67.1 Å². The van der Waals surface area contributed by atoms with Crippen LogP contribution in [0.4, 0.5) is 0 Å². The van der Waals surface area contributed by atoms with Gasteiger partial charge < -0.3 is 5.11 Å².